The van der Waals surface area contributed by atoms with Gasteiger partial charge in [-0.05, 0) is 18.1 Å². The van der Waals surface area contributed by atoms with Gasteiger partial charge in [0.15, 0.2) is 4.96 Å². The molecule has 23 heavy (non-hydrogen) atoms. The number of hydrogen-bond donors (Lipinski definition) is 0. The van der Waals surface area contributed by atoms with Crippen molar-refractivity contribution in [3.63, 3.8) is 0 Å². The van der Waals surface area contributed by atoms with E-state index in [1.54, 1.807) is 0 Å². The van der Waals surface area contributed by atoms with Gasteiger partial charge in [0.25, 0.3) is 5.91 Å². The molecule has 0 bridgehead atoms. The van der Waals surface area contributed by atoms with Crippen LogP contribution in [0.4, 0.5) is 0 Å². The lowest BCUT2D eigenvalue weighted by molar-refractivity contribution is -0.0293. The number of rotatable bonds is 1. The number of para-hydroxylation sites is 1. The lowest BCUT2D eigenvalue weighted by Crippen LogP contribution is -2.62. The Morgan fingerprint density at radius 1 is 1.30 bits per heavy atom. The number of carbonyl (C=O) groups excluding carboxylic acids is 1. The van der Waals surface area contributed by atoms with Gasteiger partial charge < -0.3 is 9.64 Å². The van der Waals surface area contributed by atoms with Gasteiger partial charge in [0, 0.05) is 36.3 Å². The zero-order valence-corrected chi connectivity index (χ0v) is 13.3. The number of benzene rings is 1. The minimum atomic E-state index is 0.0189. The van der Waals surface area contributed by atoms with Gasteiger partial charge in [-0.25, -0.2) is 4.98 Å². The van der Waals surface area contributed by atoms with E-state index in [-0.39, 0.29) is 11.3 Å². The van der Waals surface area contributed by atoms with Crippen molar-refractivity contribution in [1.29, 1.82) is 0 Å². The van der Waals surface area contributed by atoms with Gasteiger partial charge in [-0.15, -0.1) is 11.3 Å². The van der Waals surface area contributed by atoms with E-state index < -0.39 is 0 Å². The van der Waals surface area contributed by atoms with Crippen LogP contribution in [0.2, 0.25) is 0 Å². The number of fused-ring (bicyclic) bond motifs is 2. The van der Waals surface area contributed by atoms with E-state index in [2.05, 4.69) is 11.1 Å². The molecule has 116 valence electrons. The highest BCUT2D eigenvalue weighted by Crippen LogP contribution is 2.41. The van der Waals surface area contributed by atoms with Gasteiger partial charge in [-0.3, -0.25) is 9.20 Å². The highest BCUT2D eigenvalue weighted by molar-refractivity contribution is 7.15. The monoisotopic (exact) mass is 325 g/mol. The van der Waals surface area contributed by atoms with Gasteiger partial charge in [-0.1, -0.05) is 18.2 Å². The molecule has 1 saturated heterocycles. The maximum absolute atomic E-state index is 12.6. The average molecular weight is 325 g/mol. The van der Waals surface area contributed by atoms with Crippen molar-refractivity contribution in [2.45, 2.75) is 6.42 Å². The molecule has 1 spiro atoms. The molecular formula is C17H15N3O2S. The molecule has 1 fully saturated rings. The average Bonchev–Trinajstić information content (AvgIpc) is 3.13. The number of hydrogen-bond acceptors (Lipinski definition) is 4. The second-order valence-electron chi connectivity index (χ2n) is 6.45. The van der Waals surface area contributed by atoms with Gasteiger partial charge >= 0.3 is 0 Å². The van der Waals surface area contributed by atoms with Crippen LogP contribution in [0.5, 0.6) is 5.75 Å². The van der Waals surface area contributed by atoms with E-state index in [0.717, 1.165) is 30.2 Å². The van der Waals surface area contributed by atoms with Crippen molar-refractivity contribution in [1.82, 2.24) is 14.3 Å². The first-order chi connectivity index (χ1) is 11.2. The first-order valence-electron chi connectivity index (χ1n) is 7.65. The molecule has 0 atom stereocenters. The summed E-state index contributed by atoms with van der Waals surface area (Å²) in [7, 11) is 0. The third-order valence-electron chi connectivity index (χ3n) is 4.72. The van der Waals surface area contributed by atoms with Crippen LogP contribution in [0.1, 0.15) is 16.1 Å². The van der Waals surface area contributed by atoms with Crippen molar-refractivity contribution in [3.8, 4) is 5.75 Å². The van der Waals surface area contributed by atoms with Gasteiger partial charge in [0.05, 0.1) is 6.61 Å². The van der Waals surface area contributed by atoms with Gasteiger partial charge in [0.2, 0.25) is 0 Å². The number of likely N-dealkylation sites (tertiary alicyclic amines) is 1. The second-order valence-corrected chi connectivity index (χ2v) is 7.33. The van der Waals surface area contributed by atoms with E-state index in [9.17, 15) is 4.79 Å². The molecule has 5 nitrogen and oxygen atoms in total. The fourth-order valence-electron chi connectivity index (χ4n) is 3.58. The van der Waals surface area contributed by atoms with Crippen molar-refractivity contribution >= 4 is 22.2 Å². The quantitative estimate of drug-likeness (QED) is 0.690. The molecule has 5 rings (SSSR count). The predicted octanol–water partition coefficient (Wildman–Crippen LogP) is 2.47. The summed E-state index contributed by atoms with van der Waals surface area (Å²) >= 11 is 1.54. The van der Waals surface area contributed by atoms with E-state index in [1.807, 2.05) is 45.3 Å². The summed E-state index contributed by atoms with van der Waals surface area (Å²) in [5.74, 6) is 1.00. The molecule has 0 unspecified atom stereocenters. The summed E-state index contributed by atoms with van der Waals surface area (Å²) < 4.78 is 7.79. The maximum Gasteiger partial charge on any atom is 0.274 e. The molecule has 1 amide bonds. The smallest absolute Gasteiger partial charge is 0.274 e. The van der Waals surface area contributed by atoms with E-state index in [1.165, 1.54) is 16.9 Å². The number of imidazole rings is 1. The lowest BCUT2D eigenvalue weighted by atomic mass is 9.74. The molecule has 1 aromatic carbocycles. The number of carbonyl (C=O) groups is 1. The third kappa shape index (κ3) is 1.98. The highest BCUT2D eigenvalue weighted by Gasteiger charge is 2.48. The van der Waals surface area contributed by atoms with Crippen molar-refractivity contribution in [3.05, 3.63) is 53.3 Å². The molecule has 0 saturated carbocycles. The first kappa shape index (κ1) is 13.1. The third-order valence-corrected chi connectivity index (χ3v) is 5.49. The molecule has 3 aromatic rings. The summed E-state index contributed by atoms with van der Waals surface area (Å²) in [6, 6.07) is 8.17. The number of aromatic nitrogens is 2. The molecular weight excluding hydrogens is 310 g/mol. The van der Waals surface area contributed by atoms with Crippen LogP contribution >= 0.6 is 11.3 Å². The molecule has 0 N–H and O–H groups in total. The zero-order valence-electron chi connectivity index (χ0n) is 12.4. The van der Waals surface area contributed by atoms with Crippen LogP contribution in [0.3, 0.4) is 0 Å². The molecule has 0 radical (unpaired) electrons. The van der Waals surface area contributed by atoms with Crippen LogP contribution in [-0.4, -0.2) is 39.9 Å². The van der Waals surface area contributed by atoms with Crippen LogP contribution < -0.4 is 4.74 Å². The summed E-state index contributed by atoms with van der Waals surface area (Å²) in [6.07, 6.45) is 4.71. The topological polar surface area (TPSA) is 46.8 Å². The SMILES string of the molecule is O=C(c1cn2ccsc2n1)N1CC2(COc3ccccc3C2)C1. The van der Waals surface area contributed by atoms with E-state index in [0.29, 0.717) is 12.3 Å². The lowest BCUT2D eigenvalue weighted by Gasteiger charge is -2.51. The van der Waals surface area contributed by atoms with Gasteiger partial charge in [0.1, 0.15) is 11.4 Å². The fraction of sp³-hybridized carbons (Fsp3) is 0.294. The Morgan fingerprint density at radius 3 is 3.04 bits per heavy atom. The standard InChI is InChI=1S/C17H15N3O2S/c21-15(13-8-19-5-6-23-16(19)18-13)20-9-17(10-20)7-12-3-1-2-4-14(12)22-11-17/h1-6,8H,7,9-11H2. The molecule has 2 aliphatic heterocycles. The summed E-state index contributed by atoms with van der Waals surface area (Å²) in [6.45, 7) is 2.17. The molecule has 2 aromatic heterocycles. The summed E-state index contributed by atoms with van der Waals surface area (Å²) in [5.41, 5.74) is 1.85. The largest absolute Gasteiger partial charge is 0.493 e. The van der Waals surface area contributed by atoms with Crippen molar-refractivity contribution < 1.29 is 9.53 Å². The normalized spacial score (nSPS) is 18.5. The van der Waals surface area contributed by atoms with Crippen molar-refractivity contribution in [2.75, 3.05) is 19.7 Å². The predicted molar refractivity (Wildman–Crippen MR) is 87.0 cm³/mol. The molecule has 0 aliphatic carbocycles. The van der Waals surface area contributed by atoms with Crippen molar-refractivity contribution in [2.24, 2.45) is 5.41 Å². The number of amides is 1. The second kappa shape index (κ2) is 4.58. The molecule has 2 aliphatic rings. The molecule has 6 heteroatoms. The number of ether oxygens (including phenoxy) is 1. The summed E-state index contributed by atoms with van der Waals surface area (Å²) in [5, 5.41) is 1.96. The Hall–Kier alpha value is -2.34. The minimum Gasteiger partial charge on any atom is -0.493 e. The highest BCUT2D eigenvalue weighted by atomic mass is 32.1. The Bertz CT molecular complexity index is 879. The zero-order chi connectivity index (χ0) is 15.4. The van der Waals surface area contributed by atoms with Crippen LogP contribution in [0, 0.1) is 5.41 Å². The van der Waals surface area contributed by atoms with Gasteiger partial charge in [-0.2, -0.15) is 0 Å². The minimum absolute atomic E-state index is 0.0189. The Kier molecular flexibility index (Phi) is 2.61. The van der Waals surface area contributed by atoms with Crippen LogP contribution in [0.25, 0.3) is 4.96 Å². The van der Waals surface area contributed by atoms with Crippen LogP contribution in [-0.2, 0) is 6.42 Å². The maximum atomic E-state index is 12.6. The fourth-order valence-corrected chi connectivity index (χ4v) is 4.28. The van der Waals surface area contributed by atoms with E-state index in [4.69, 9.17) is 4.74 Å². The summed E-state index contributed by atoms with van der Waals surface area (Å²) in [4.78, 5) is 19.7. The number of thiazole rings is 1. The molecule has 4 heterocycles. The Morgan fingerprint density at radius 2 is 2.17 bits per heavy atom. The Labute approximate surface area is 137 Å². The number of nitrogens with zero attached hydrogens (tertiary/aromatic N) is 3. The van der Waals surface area contributed by atoms with E-state index >= 15 is 0 Å². The van der Waals surface area contributed by atoms with Crippen LogP contribution in [0.15, 0.2) is 42.0 Å². The first-order valence-corrected chi connectivity index (χ1v) is 8.53. The Balaban J connectivity index is 1.33.